The van der Waals surface area contributed by atoms with E-state index < -0.39 is 11.4 Å². The number of fused-ring (bicyclic) bond motifs is 3. The van der Waals surface area contributed by atoms with Gasteiger partial charge in [0.2, 0.25) is 5.91 Å². The van der Waals surface area contributed by atoms with Crippen molar-refractivity contribution in [2.45, 2.75) is 52.6 Å². The lowest BCUT2D eigenvalue weighted by atomic mass is 9.87. The number of hydrogen-bond acceptors (Lipinski definition) is 4. The fraction of sp³-hybridized carbons (Fsp3) is 0.478. The molecule has 0 bridgehead atoms. The number of carboxylic acids is 1. The van der Waals surface area contributed by atoms with Crippen LogP contribution in [0.5, 0.6) is 0 Å². The highest BCUT2D eigenvalue weighted by molar-refractivity contribution is 5.84. The van der Waals surface area contributed by atoms with Crippen LogP contribution in [0.1, 0.15) is 50.1 Å². The van der Waals surface area contributed by atoms with Gasteiger partial charge >= 0.3 is 5.97 Å². The number of aromatic nitrogens is 4. The zero-order valence-electron chi connectivity index (χ0n) is 18.3. The highest BCUT2D eigenvalue weighted by Gasteiger charge is 2.29. The molecule has 0 fully saturated rings. The van der Waals surface area contributed by atoms with Gasteiger partial charge in [-0.25, -0.2) is 4.98 Å². The highest BCUT2D eigenvalue weighted by Crippen LogP contribution is 2.31. The van der Waals surface area contributed by atoms with E-state index in [-0.39, 0.29) is 5.91 Å². The van der Waals surface area contributed by atoms with Crippen LogP contribution in [-0.2, 0) is 36.1 Å². The maximum Gasteiger partial charge on any atom is 0.309 e. The molecule has 0 unspecified atom stereocenters. The number of rotatable bonds is 7. The lowest BCUT2D eigenvalue weighted by molar-refractivity contribution is -0.147. The van der Waals surface area contributed by atoms with Crippen molar-refractivity contribution in [1.82, 2.24) is 24.2 Å². The minimum atomic E-state index is -0.824. The maximum atomic E-state index is 12.9. The number of aliphatic carboxylic acids is 1. The predicted octanol–water partition coefficient (Wildman–Crippen LogP) is 2.98. The molecule has 0 radical (unpaired) electrons. The first-order valence-corrected chi connectivity index (χ1v) is 10.7. The Kier molecular flexibility index (Phi) is 5.56. The standard InChI is InChI=1S/C23H29N5O3/c1-23(2,22(30)31)10-4-7-20(29)27-13-9-17-18-6-5-11-24-21(18)28(19(17)15-27)14-16-8-12-25-26(16)3/h5-6,8,11-12H,4,7,9-10,13-15H2,1-3H3,(H,30,31). The molecule has 3 aromatic rings. The molecule has 0 spiro atoms. The molecule has 31 heavy (non-hydrogen) atoms. The van der Waals surface area contributed by atoms with Gasteiger partial charge in [0.1, 0.15) is 5.65 Å². The number of aryl methyl sites for hydroxylation is 1. The molecule has 0 atom stereocenters. The second kappa shape index (κ2) is 8.17. The number of carbonyl (C=O) groups is 2. The average Bonchev–Trinajstić information content (AvgIpc) is 3.29. The molecule has 8 heteroatoms. The third-order valence-corrected chi connectivity index (χ3v) is 6.38. The molecule has 0 saturated carbocycles. The zero-order chi connectivity index (χ0) is 22.2. The van der Waals surface area contributed by atoms with E-state index in [1.807, 2.05) is 28.8 Å². The third-order valence-electron chi connectivity index (χ3n) is 6.38. The summed E-state index contributed by atoms with van der Waals surface area (Å²) in [6.07, 6.45) is 5.81. The number of hydrogen-bond donors (Lipinski definition) is 1. The monoisotopic (exact) mass is 423 g/mol. The molecule has 0 aromatic carbocycles. The summed E-state index contributed by atoms with van der Waals surface area (Å²) in [4.78, 5) is 30.7. The molecule has 0 aliphatic carbocycles. The largest absolute Gasteiger partial charge is 0.481 e. The molecule has 4 rings (SSSR count). The number of carbonyl (C=O) groups excluding carboxylic acids is 1. The fourth-order valence-corrected chi connectivity index (χ4v) is 4.31. The van der Waals surface area contributed by atoms with E-state index in [1.54, 1.807) is 26.2 Å². The molecule has 1 N–H and O–H groups in total. The van der Waals surface area contributed by atoms with E-state index in [2.05, 4.69) is 20.7 Å². The van der Waals surface area contributed by atoms with Gasteiger partial charge in [-0.15, -0.1) is 0 Å². The molecule has 1 aliphatic heterocycles. The predicted molar refractivity (Wildman–Crippen MR) is 116 cm³/mol. The summed E-state index contributed by atoms with van der Waals surface area (Å²) in [5.74, 6) is -0.744. The molecule has 164 valence electrons. The second-order valence-corrected chi connectivity index (χ2v) is 8.94. The Morgan fingerprint density at radius 1 is 1.23 bits per heavy atom. The van der Waals surface area contributed by atoms with E-state index in [1.165, 1.54) is 5.56 Å². The van der Waals surface area contributed by atoms with Crippen molar-refractivity contribution >= 4 is 22.9 Å². The zero-order valence-corrected chi connectivity index (χ0v) is 18.3. The Bertz CT molecular complexity index is 1130. The highest BCUT2D eigenvalue weighted by atomic mass is 16.4. The van der Waals surface area contributed by atoms with Gasteiger partial charge in [0.25, 0.3) is 0 Å². The van der Waals surface area contributed by atoms with Gasteiger partial charge in [-0.1, -0.05) is 0 Å². The Hall–Kier alpha value is -3.16. The fourth-order valence-electron chi connectivity index (χ4n) is 4.31. The summed E-state index contributed by atoms with van der Waals surface area (Å²) in [7, 11) is 1.93. The number of carboxylic acid groups (broad SMARTS) is 1. The van der Waals surface area contributed by atoms with Gasteiger partial charge in [-0.05, 0) is 56.9 Å². The normalized spacial score (nSPS) is 14.1. The average molecular weight is 424 g/mol. The van der Waals surface area contributed by atoms with Gasteiger partial charge in [0, 0.05) is 43.5 Å². The number of nitrogens with zero attached hydrogens (tertiary/aromatic N) is 5. The summed E-state index contributed by atoms with van der Waals surface area (Å²) in [5.41, 5.74) is 3.59. The van der Waals surface area contributed by atoms with E-state index >= 15 is 0 Å². The van der Waals surface area contributed by atoms with Crippen LogP contribution in [0.3, 0.4) is 0 Å². The Balaban J connectivity index is 1.55. The molecule has 1 aliphatic rings. The van der Waals surface area contributed by atoms with E-state index in [9.17, 15) is 14.7 Å². The van der Waals surface area contributed by atoms with Crippen LogP contribution in [0.2, 0.25) is 0 Å². The summed E-state index contributed by atoms with van der Waals surface area (Å²) in [6, 6.07) is 6.06. The quantitative estimate of drug-likeness (QED) is 0.631. The Morgan fingerprint density at radius 2 is 2.03 bits per heavy atom. The van der Waals surface area contributed by atoms with Crippen molar-refractivity contribution in [2.24, 2.45) is 12.5 Å². The van der Waals surface area contributed by atoms with Crippen molar-refractivity contribution in [3.8, 4) is 0 Å². The lowest BCUT2D eigenvalue weighted by Gasteiger charge is -2.29. The van der Waals surface area contributed by atoms with Crippen LogP contribution < -0.4 is 0 Å². The van der Waals surface area contributed by atoms with Gasteiger partial charge in [0.15, 0.2) is 0 Å². The molecule has 8 nitrogen and oxygen atoms in total. The smallest absolute Gasteiger partial charge is 0.309 e. The van der Waals surface area contributed by atoms with Crippen LogP contribution in [-0.4, -0.2) is 47.8 Å². The second-order valence-electron chi connectivity index (χ2n) is 8.94. The van der Waals surface area contributed by atoms with Gasteiger partial charge in [0.05, 0.1) is 24.2 Å². The topological polar surface area (TPSA) is 93.3 Å². The minimum absolute atomic E-state index is 0.0807. The van der Waals surface area contributed by atoms with Gasteiger partial charge in [-0.3, -0.25) is 14.3 Å². The van der Waals surface area contributed by atoms with Gasteiger partial charge in [-0.2, -0.15) is 5.10 Å². The van der Waals surface area contributed by atoms with Crippen LogP contribution >= 0.6 is 0 Å². The van der Waals surface area contributed by atoms with Crippen LogP contribution in [0, 0.1) is 5.41 Å². The van der Waals surface area contributed by atoms with Crippen molar-refractivity contribution in [1.29, 1.82) is 0 Å². The summed E-state index contributed by atoms with van der Waals surface area (Å²) >= 11 is 0. The van der Waals surface area contributed by atoms with E-state index in [4.69, 9.17) is 0 Å². The van der Waals surface area contributed by atoms with Crippen molar-refractivity contribution < 1.29 is 14.7 Å². The molecule has 0 saturated heterocycles. The summed E-state index contributed by atoms with van der Waals surface area (Å²) < 4.78 is 4.06. The minimum Gasteiger partial charge on any atom is -0.481 e. The molecular weight excluding hydrogens is 394 g/mol. The molecular formula is C23H29N5O3. The van der Waals surface area contributed by atoms with Crippen molar-refractivity contribution in [3.05, 3.63) is 47.5 Å². The van der Waals surface area contributed by atoms with Crippen LogP contribution in [0.25, 0.3) is 11.0 Å². The Morgan fingerprint density at radius 3 is 2.74 bits per heavy atom. The van der Waals surface area contributed by atoms with Gasteiger partial charge < -0.3 is 14.6 Å². The van der Waals surface area contributed by atoms with E-state index in [0.29, 0.717) is 38.9 Å². The summed E-state index contributed by atoms with van der Waals surface area (Å²) in [6.45, 7) is 5.28. The lowest BCUT2D eigenvalue weighted by Crippen LogP contribution is -2.37. The first kappa shape index (κ1) is 21.1. The van der Waals surface area contributed by atoms with Crippen molar-refractivity contribution in [3.63, 3.8) is 0 Å². The van der Waals surface area contributed by atoms with Crippen LogP contribution in [0.4, 0.5) is 0 Å². The molecule has 4 heterocycles. The SMILES string of the molecule is Cn1nccc1Cn1c2c(c3cccnc31)CCN(C(=O)CCCC(C)(C)C(=O)O)C2. The first-order valence-electron chi connectivity index (χ1n) is 10.7. The first-order chi connectivity index (χ1) is 14.8. The maximum absolute atomic E-state index is 12.9. The van der Waals surface area contributed by atoms with E-state index in [0.717, 1.165) is 28.8 Å². The molecule has 3 aromatic heterocycles. The number of pyridine rings is 1. The number of amides is 1. The van der Waals surface area contributed by atoms with Crippen molar-refractivity contribution in [2.75, 3.05) is 6.54 Å². The molecule has 1 amide bonds. The Labute approximate surface area is 181 Å². The summed E-state index contributed by atoms with van der Waals surface area (Å²) in [5, 5.41) is 14.7. The van der Waals surface area contributed by atoms with Crippen LogP contribution in [0.15, 0.2) is 30.6 Å². The third kappa shape index (κ3) is 4.06.